The highest BCUT2D eigenvalue weighted by Gasteiger charge is 1.13. The topological polar surface area (TPSA) is 101 Å². The van der Waals surface area contributed by atoms with Gasteiger partial charge in [-0.15, -0.1) is 0 Å². The van der Waals surface area contributed by atoms with Crippen molar-refractivity contribution in [1.82, 2.24) is 6.15 Å². The average Bonchev–Trinajstić information content (AvgIpc) is 0.918. The van der Waals surface area contributed by atoms with E-state index in [1.807, 2.05) is 0 Å². The molecule has 0 unspecified atom stereocenters. The van der Waals surface area contributed by atoms with Gasteiger partial charge in [0.15, 0.2) is 0 Å². The summed E-state index contributed by atoms with van der Waals surface area (Å²) < 4.78 is 0. The summed E-state index contributed by atoms with van der Waals surface area (Å²) in [4.78, 5) is 16.2. The normalized spacial score (nSPS) is 1.33. The van der Waals surface area contributed by atoms with Gasteiger partial charge in [0, 0.05) is 0 Å². The highest BCUT2D eigenvalue weighted by Crippen LogP contribution is 0.787. The highest BCUT2D eigenvalue weighted by atomic mass is 16.2. The molecule has 6 heavy (non-hydrogen) atoms. The van der Waals surface area contributed by atoms with Gasteiger partial charge in [-0.05, 0) is 0 Å². The van der Waals surface area contributed by atoms with Crippen LogP contribution in [0.5, 0.6) is 0 Å². The SMILES string of the molecule is C.N.O.O=C=O. The molecular weight excluding hydrogens is 86.0 g/mol. The zero-order valence-corrected chi connectivity index (χ0v) is 2.52. The Morgan fingerprint density at radius 3 is 1.17 bits per heavy atom. The van der Waals surface area contributed by atoms with E-state index >= 15 is 0 Å². The summed E-state index contributed by atoms with van der Waals surface area (Å²) in [7, 11) is 0. The van der Waals surface area contributed by atoms with Gasteiger partial charge in [-0.1, -0.05) is 7.43 Å². The zero-order valence-electron chi connectivity index (χ0n) is 2.52. The fourth-order valence-electron chi connectivity index (χ4n) is 0. The van der Waals surface area contributed by atoms with Gasteiger partial charge in [-0.3, -0.25) is 0 Å². The molecule has 0 rings (SSSR count). The predicted octanol–water partition coefficient (Wildman–Crippen LogP) is -0.610. The molecule has 0 aromatic heterocycles. The van der Waals surface area contributed by atoms with Gasteiger partial charge in [0.25, 0.3) is 0 Å². The van der Waals surface area contributed by atoms with Crippen LogP contribution in [0.1, 0.15) is 7.43 Å². The third-order valence-corrected chi connectivity index (χ3v) is 0. The summed E-state index contributed by atoms with van der Waals surface area (Å²) in [6.07, 6.45) is 0.250. The third kappa shape index (κ3) is 35.6. The van der Waals surface area contributed by atoms with E-state index in [0.29, 0.717) is 0 Å². The van der Waals surface area contributed by atoms with Gasteiger partial charge >= 0.3 is 6.15 Å². The molecule has 4 nitrogen and oxygen atoms in total. The van der Waals surface area contributed by atoms with Gasteiger partial charge in [-0.2, -0.15) is 9.59 Å². The van der Waals surface area contributed by atoms with Crippen molar-refractivity contribution in [2.24, 2.45) is 0 Å². The lowest BCUT2D eigenvalue weighted by Gasteiger charge is -0.945. The van der Waals surface area contributed by atoms with E-state index in [1.54, 1.807) is 0 Å². The van der Waals surface area contributed by atoms with E-state index in [-0.39, 0.29) is 25.2 Å². The molecule has 0 radical (unpaired) electrons. The molecular formula is C2H9NO3. The molecule has 0 bridgehead atoms. The van der Waals surface area contributed by atoms with Crippen molar-refractivity contribution >= 4 is 6.15 Å². The second kappa shape index (κ2) is 520. The predicted molar refractivity (Wildman–Crippen MR) is 20.4 cm³/mol. The van der Waals surface area contributed by atoms with Crippen molar-refractivity contribution in [3.8, 4) is 0 Å². The smallest absolute Gasteiger partial charge is 0.373 e. The fraction of sp³-hybridized carbons (Fsp3) is 0.500. The molecule has 0 aromatic rings. The maximum Gasteiger partial charge on any atom is 0.373 e. The highest BCUT2D eigenvalue weighted by molar-refractivity contribution is 5.20. The molecule has 0 heterocycles. The van der Waals surface area contributed by atoms with Gasteiger partial charge in [0.05, 0.1) is 0 Å². The lowest BCUT2D eigenvalue weighted by Crippen LogP contribution is -1.22. The standard InChI is InChI=1S/CO2.CH4.H3N.H2O/c2-1-3;;;/h;1H4;1H3;1H2. The van der Waals surface area contributed by atoms with Crippen LogP contribution in [0.25, 0.3) is 0 Å². The molecule has 0 atom stereocenters. The van der Waals surface area contributed by atoms with Crippen molar-refractivity contribution in [1.29, 1.82) is 0 Å². The molecule has 0 fully saturated rings. The Morgan fingerprint density at radius 2 is 1.17 bits per heavy atom. The molecule has 0 amide bonds. The Morgan fingerprint density at radius 1 is 1.17 bits per heavy atom. The van der Waals surface area contributed by atoms with E-state index in [4.69, 9.17) is 9.59 Å². The minimum Gasteiger partial charge on any atom is -0.412 e. The lowest BCUT2D eigenvalue weighted by atomic mass is 11.8. The Kier molecular flexibility index (Phi) is 5030. The zero-order chi connectivity index (χ0) is 2.71. The van der Waals surface area contributed by atoms with E-state index in [1.165, 1.54) is 0 Å². The van der Waals surface area contributed by atoms with Crippen LogP contribution in [0, 0.1) is 0 Å². The number of carbonyl (C=O) groups excluding carboxylic acids is 2. The second-order valence-electron chi connectivity index (χ2n) is 0.0833. The van der Waals surface area contributed by atoms with Gasteiger partial charge in [0.2, 0.25) is 0 Å². The van der Waals surface area contributed by atoms with Crippen LogP contribution in [-0.2, 0) is 9.59 Å². The van der Waals surface area contributed by atoms with E-state index in [9.17, 15) is 0 Å². The van der Waals surface area contributed by atoms with Crippen molar-refractivity contribution in [3.63, 3.8) is 0 Å². The van der Waals surface area contributed by atoms with E-state index in [2.05, 4.69) is 0 Å². The number of rotatable bonds is 0. The van der Waals surface area contributed by atoms with Crippen molar-refractivity contribution in [3.05, 3.63) is 0 Å². The Bertz CT molecular complexity index is 29.8. The first-order valence-electron chi connectivity index (χ1n) is 0.408. The minimum absolute atomic E-state index is 0. The van der Waals surface area contributed by atoms with Crippen LogP contribution in [0.15, 0.2) is 0 Å². The van der Waals surface area contributed by atoms with Gasteiger partial charge in [-0.25, -0.2) is 0 Å². The molecule has 40 valence electrons. The quantitative estimate of drug-likeness (QED) is 0.434. The summed E-state index contributed by atoms with van der Waals surface area (Å²) in [6.45, 7) is 0. The fourth-order valence-corrected chi connectivity index (χ4v) is 0. The molecule has 0 saturated heterocycles. The first kappa shape index (κ1) is 58.0. The Hall–Kier alpha value is -0.700. The average molecular weight is 95.1 g/mol. The van der Waals surface area contributed by atoms with Crippen LogP contribution in [0.2, 0.25) is 0 Å². The van der Waals surface area contributed by atoms with E-state index < -0.39 is 0 Å². The maximum atomic E-state index is 8.12. The maximum absolute atomic E-state index is 8.12. The summed E-state index contributed by atoms with van der Waals surface area (Å²) in [5.74, 6) is 0. The summed E-state index contributed by atoms with van der Waals surface area (Å²) in [6, 6.07) is 0. The monoisotopic (exact) mass is 95.1 g/mol. The molecule has 0 aliphatic carbocycles. The summed E-state index contributed by atoms with van der Waals surface area (Å²) >= 11 is 0. The first-order chi connectivity index (χ1) is 1.41. The van der Waals surface area contributed by atoms with Crippen molar-refractivity contribution in [2.75, 3.05) is 0 Å². The van der Waals surface area contributed by atoms with Crippen LogP contribution in [0.4, 0.5) is 0 Å². The molecule has 0 spiro atoms. The van der Waals surface area contributed by atoms with Crippen LogP contribution in [0.3, 0.4) is 0 Å². The Labute approximate surface area is 36.0 Å². The molecule has 0 aromatic carbocycles. The molecule has 0 saturated carbocycles. The van der Waals surface area contributed by atoms with Crippen molar-refractivity contribution < 1.29 is 15.1 Å². The molecule has 0 aliphatic heterocycles. The van der Waals surface area contributed by atoms with Gasteiger partial charge < -0.3 is 11.6 Å². The number of hydrogen-bond donors (Lipinski definition) is 1. The van der Waals surface area contributed by atoms with Crippen molar-refractivity contribution in [2.45, 2.75) is 7.43 Å². The summed E-state index contributed by atoms with van der Waals surface area (Å²) in [5, 5.41) is 0. The molecule has 5 N–H and O–H groups in total. The van der Waals surface area contributed by atoms with Crippen LogP contribution < -0.4 is 6.15 Å². The number of hydrogen-bond acceptors (Lipinski definition) is 3. The van der Waals surface area contributed by atoms with E-state index in [0.717, 1.165) is 0 Å². The van der Waals surface area contributed by atoms with Crippen LogP contribution in [-0.4, -0.2) is 11.6 Å². The Balaban J connectivity index is -0.00000000667. The molecule has 4 heteroatoms. The minimum atomic E-state index is 0. The summed E-state index contributed by atoms with van der Waals surface area (Å²) in [5.41, 5.74) is 0. The molecule has 0 aliphatic rings. The van der Waals surface area contributed by atoms with Crippen LogP contribution >= 0.6 is 0 Å². The van der Waals surface area contributed by atoms with Gasteiger partial charge in [0.1, 0.15) is 0 Å². The largest absolute Gasteiger partial charge is 0.412 e. The lowest BCUT2D eigenvalue weighted by molar-refractivity contribution is -0.191. The second-order valence-corrected chi connectivity index (χ2v) is 0.0833. The third-order valence-electron chi connectivity index (χ3n) is 0. The first-order valence-corrected chi connectivity index (χ1v) is 0.408.